The molecule has 1 atom stereocenters. The standard InChI is InChI=1S/C9H13O3P/c1-10-6-4-8(12-3)9(13)5-7(6)11-2/h4-5H,13H2,1-3H3. The van der Waals surface area contributed by atoms with E-state index in [0.29, 0.717) is 11.5 Å². The van der Waals surface area contributed by atoms with Crippen molar-refractivity contribution in [1.82, 2.24) is 0 Å². The van der Waals surface area contributed by atoms with Gasteiger partial charge in [-0.05, 0) is 6.07 Å². The van der Waals surface area contributed by atoms with Gasteiger partial charge in [-0.2, -0.15) is 0 Å². The summed E-state index contributed by atoms with van der Waals surface area (Å²) < 4.78 is 15.4. The molecule has 0 radical (unpaired) electrons. The monoisotopic (exact) mass is 200 g/mol. The molecule has 0 bridgehead atoms. The molecule has 1 aromatic rings. The largest absolute Gasteiger partial charge is 0.496 e. The van der Waals surface area contributed by atoms with E-state index in [9.17, 15) is 0 Å². The van der Waals surface area contributed by atoms with Crippen LogP contribution >= 0.6 is 9.24 Å². The molecule has 0 aliphatic heterocycles. The van der Waals surface area contributed by atoms with E-state index in [2.05, 4.69) is 9.24 Å². The number of methoxy groups -OCH3 is 3. The number of rotatable bonds is 3. The Morgan fingerprint density at radius 1 is 0.846 bits per heavy atom. The second-order valence-electron chi connectivity index (χ2n) is 2.45. The van der Waals surface area contributed by atoms with Gasteiger partial charge in [0.05, 0.1) is 21.3 Å². The van der Waals surface area contributed by atoms with Gasteiger partial charge in [0.2, 0.25) is 0 Å². The quantitative estimate of drug-likeness (QED) is 0.686. The normalized spacial score (nSPS) is 9.54. The lowest BCUT2D eigenvalue weighted by atomic mass is 10.3. The SMILES string of the molecule is COc1cc(OC)c(OC)cc1P. The molecule has 1 unspecified atom stereocenters. The maximum absolute atomic E-state index is 5.13. The van der Waals surface area contributed by atoms with E-state index in [-0.39, 0.29) is 0 Å². The molecule has 0 saturated heterocycles. The molecule has 0 heterocycles. The summed E-state index contributed by atoms with van der Waals surface area (Å²) in [6.45, 7) is 0. The van der Waals surface area contributed by atoms with Crippen molar-refractivity contribution in [3.8, 4) is 17.2 Å². The van der Waals surface area contributed by atoms with E-state index in [1.807, 2.05) is 6.07 Å². The summed E-state index contributed by atoms with van der Waals surface area (Å²) in [4.78, 5) is 0. The van der Waals surface area contributed by atoms with Gasteiger partial charge in [0.15, 0.2) is 11.5 Å². The second kappa shape index (κ2) is 4.33. The molecular formula is C9H13O3P. The van der Waals surface area contributed by atoms with E-state index >= 15 is 0 Å². The Bertz CT molecular complexity index is 299. The first kappa shape index (κ1) is 10.1. The maximum Gasteiger partial charge on any atom is 0.164 e. The van der Waals surface area contributed by atoms with Crippen LogP contribution in [0.25, 0.3) is 0 Å². The van der Waals surface area contributed by atoms with Crippen LogP contribution in [0.5, 0.6) is 17.2 Å². The van der Waals surface area contributed by atoms with E-state index in [0.717, 1.165) is 11.1 Å². The Hall–Kier alpha value is -0.950. The molecule has 0 saturated carbocycles. The molecule has 1 aromatic carbocycles. The zero-order chi connectivity index (χ0) is 9.84. The molecule has 1 rings (SSSR count). The predicted molar refractivity (Wildman–Crippen MR) is 55.4 cm³/mol. The third-order valence-electron chi connectivity index (χ3n) is 1.74. The maximum atomic E-state index is 5.13. The Balaban J connectivity index is 3.18. The van der Waals surface area contributed by atoms with Gasteiger partial charge in [-0.25, -0.2) is 0 Å². The first-order chi connectivity index (χ1) is 6.22. The zero-order valence-corrected chi connectivity index (χ0v) is 9.11. The lowest BCUT2D eigenvalue weighted by Crippen LogP contribution is -2.01. The number of benzene rings is 1. The van der Waals surface area contributed by atoms with Gasteiger partial charge in [-0.3, -0.25) is 0 Å². The number of hydrogen-bond donors (Lipinski definition) is 0. The third-order valence-corrected chi connectivity index (χ3v) is 2.19. The topological polar surface area (TPSA) is 27.7 Å². The predicted octanol–water partition coefficient (Wildman–Crippen LogP) is 1.21. The van der Waals surface area contributed by atoms with Crippen LogP contribution in [0.2, 0.25) is 0 Å². The zero-order valence-electron chi connectivity index (χ0n) is 7.96. The fourth-order valence-electron chi connectivity index (χ4n) is 1.05. The van der Waals surface area contributed by atoms with Crippen LogP contribution in [0, 0.1) is 0 Å². The number of ether oxygens (including phenoxy) is 3. The summed E-state index contributed by atoms with van der Waals surface area (Å²) in [5.41, 5.74) is 0. The molecule has 0 amide bonds. The van der Waals surface area contributed by atoms with Gasteiger partial charge in [-0.15, -0.1) is 9.24 Å². The highest BCUT2D eigenvalue weighted by Gasteiger charge is 2.07. The van der Waals surface area contributed by atoms with Crippen molar-refractivity contribution in [2.45, 2.75) is 0 Å². The van der Waals surface area contributed by atoms with Crippen molar-refractivity contribution in [3.05, 3.63) is 12.1 Å². The van der Waals surface area contributed by atoms with Crippen LogP contribution in [0.15, 0.2) is 12.1 Å². The Morgan fingerprint density at radius 2 is 1.31 bits per heavy atom. The summed E-state index contributed by atoms with van der Waals surface area (Å²) in [6.07, 6.45) is 0. The van der Waals surface area contributed by atoms with Crippen LogP contribution in [-0.2, 0) is 0 Å². The van der Waals surface area contributed by atoms with E-state index in [4.69, 9.17) is 14.2 Å². The summed E-state index contributed by atoms with van der Waals surface area (Å²) in [5.74, 6) is 2.14. The molecule has 0 aliphatic carbocycles. The van der Waals surface area contributed by atoms with Crippen molar-refractivity contribution >= 4 is 14.5 Å². The van der Waals surface area contributed by atoms with Crippen LogP contribution in [0.3, 0.4) is 0 Å². The van der Waals surface area contributed by atoms with E-state index in [1.165, 1.54) is 0 Å². The lowest BCUT2D eigenvalue weighted by Gasteiger charge is -2.11. The van der Waals surface area contributed by atoms with Crippen LogP contribution in [0.1, 0.15) is 0 Å². The molecule has 0 fully saturated rings. The first-order valence-corrected chi connectivity index (χ1v) is 4.36. The average Bonchev–Trinajstić information content (AvgIpc) is 2.17. The van der Waals surface area contributed by atoms with Gasteiger partial charge < -0.3 is 14.2 Å². The van der Waals surface area contributed by atoms with Gasteiger partial charge in [0.1, 0.15) is 5.75 Å². The average molecular weight is 200 g/mol. The third kappa shape index (κ3) is 2.04. The molecular weight excluding hydrogens is 187 g/mol. The molecule has 0 spiro atoms. The highest BCUT2D eigenvalue weighted by Crippen LogP contribution is 2.30. The van der Waals surface area contributed by atoms with Crippen molar-refractivity contribution in [3.63, 3.8) is 0 Å². The lowest BCUT2D eigenvalue weighted by molar-refractivity contribution is 0.350. The van der Waals surface area contributed by atoms with E-state index in [1.54, 1.807) is 27.4 Å². The van der Waals surface area contributed by atoms with Crippen LogP contribution in [0.4, 0.5) is 0 Å². The molecule has 4 heteroatoms. The minimum Gasteiger partial charge on any atom is -0.496 e. The number of hydrogen-bond acceptors (Lipinski definition) is 3. The Morgan fingerprint density at radius 3 is 1.77 bits per heavy atom. The van der Waals surface area contributed by atoms with Gasteiger partial charge in [0, 0.05) is 11.4 Å². The highest BCUT2D eigenvalue weighted by molar-refractivity contribution is 7.27. The molecule has 0 aliphatic rings. The second-order valence-corrected chi connectivity index (χ2v) is 3.07. The molecule has 13 heavy (non-hydrogen) atoms. The molecule has 3 nitrogen and oxygen atoms in total. The molecule has 0 N–H and O–H groups in total. The van der Waals surface area contributed by atoms with Crippen molar-refractivity contribution in [2.24, 2.45) is 0 Å². The minimum atomic E-state index is 0.672. The minimum absolute atomic E-state index is 0.672. The summed E-state index contributed by atoms with van der Waals surface area (Å²) >= 11 is 0. The first-order valence-electron chi connectivity index (χ1n) is 3.78. The Labute approximate surface area is 80.2 Å². The summed E-state index contributed by atoms with van der Waals surface area (Å²) in [5, 5.41) is 0.945. The van der Waals surface area contributed by atoms with Crippen molar-refractivity contribution in [2.75, 3.05) is 21.3 Å². The highest BCUT2D eigenvalue weighted by atomic mass is 31.0. The molecule has 0 aromatic heterocycles. The van der Waals surface area contributed by atoms with Crippen LogP contribution in [-0.4, -0.2) is 21.3 Å². The fraction of sp³-hybridized carbons (Fsp3) is 0.333. The van der Waals surface area contributed by atoms with Gasteiger partial charge in [-0.1, -0.05) is 0 Å². The smallest absolute Gasteiger partial charge is 0.164 e. The van der Waals surface area contributed by atoms with E-state index < -0.39 is 0 Å². The van der Waals surface area contributed by atoms with Gasteiger partial charge in [0.25, 0.3) is 0 Å². The van der Waals surface area contributed by atoms with Gasteiger partial charge >= 0.3 is 0 Å². The fourth-order valence-corrected chi connectivity index (χ4v) is 1.41. The molecule has 72 valence electrons. The Kier molecular flexibility index (Phi) is 3.38. The van der Waals surface area contributed by atoms with Crippen LogP contribution < -0.4 is 19.5 Å². The van der Waals surface area contributed by atoms with Crippen molar-refractivity contribution in [1.29, 1.82) is 0 Å². The summed E-state index contributed by atoms with van der Waals surface area (Å²) in [7, 11) is 7.40. The van der Waals surface area contributed by atoms with Crippen molar-refractivity contribution < 1.29 is 14.2 Å². The summed E-state index contributed by atoms with van der Waals surface area (Å²) in [6, 6.07) is 3.64.